The Morgan fingerprint density at radius 2 is 1.78 bits per heavy atom. The number of hydrogen-bond donors (Lipinski definition) is 1. The van der Waals surface area contributed by atoms with Gasteiger partial charge >= 0.3 is 0 Å². The highest BCUT2D eigenvalue weighted by Crippen LogP contribution is 2.18. The summed E-state index contributed by atoms with van der Waals surface area (Å²) in [6.07, 6.45) is 1.86. The normalized spacial score (nSPS) is 10.6. The highest BCUT2D eigenvalue weighted by molar-refractivity contribution is 9.10. The molecule has 2 aromatic carbocycles. The summed E-state index contributed by atoms with van der Waals surface area (Å²) in [5.41, 5.74) is 1.87. The van der Waals surface area contributed by atoms with Crippen molar-refractivity contribution in [3.63, 3.8) is 0 Å². The lowest BCUT2D eigenvalue weighted by molar-refractivity contribution is 0.0939. The number of ketones is 1. The Balaban J connectivity index is 1.80. The van der Waals surface area contributed by atoms with Gasteiger partial charge in [0.15, 0.2) is 5.78 Å². The molecule has 138 valence electrons. The van der Waals surface area contributed by atoms with Gasteiger partial charge in [0.05, 0.1) is 22.3 Å². The van der Waals surface area contributed by atoms with Crippen molar-refractivity contribution in [3.8, 4) is 0 Å². The number of nitrogens with zero attached hydrogens (tertiary/aromatic N) is 2. The summed E-state index contributed by atoms with van der Waals surface area (Å²) in [5, 5.41) is 7.76. The number of carbonyl (C=O) groups is 2. The minimum atomic E-state index is -0.328. The van der Waals surface area contributed by atoms with E-state index in [2.05, 4.69) is 26.3 Å². The van der Waals surface area contributed by atoms with Gasteiger partial charge in [-0.1, -0.05) is 29.8 Å². The third-order valence-electron chi connectivity index (χ3n) is 4.05. The SMILES string of the molecule is CCn1cc(Br)c(CNC(=O)c2ccccc2C(=O)c2ccc(Cl)cc2)n1. The average Bonchev–Trinajstić information content (AvgIpc) is 3.06. The highest BCUT2D eigenvalue weighted by atomic mass is 79.9. The Morgan fingerprint density at radius 3 is 2.41 bits per heavy atom. The largest absolute Gasteiger partial charge is 0.346 e. The molecule has 1 N–H and O–H groups in total. The molecule has 0 aliphatic carbocycles. The molecule has 0 unspecified atom stereocenters. The van der Waals surface area contributed by atoms with Crippen LogP contribution < -0.4 is 5.32 Å². The lowest BCUT2D eigenvalue weighted by Crippen LogP contribution is -2.25. The summed E-state index contributed by atoms with van der Waals surface area (Å²) < 4.78 is 2.61. The topological polar surface area (TPSA) is 64.0 Å². The van der Waals surface area contributed by atoms with Crippen LogP contribution in [0.2, 0.25) is 5.02 Å². The second-order valence-corrected chi connectivity index (χ2v) is 7.13. The van der Waals surface area contributed by atoms with E-state index in [1.54, 1.807) is 53.2 Å². The number of rotatable bonds is 6. The molecule has 0 saturated carbocycles. The summed E-state index contributed by atoms with van der Waals surface area (Å²) in [6, 6.07) is 13.3. The van der Waals surface area contributed by atoms with Crippen molar-refractivity contribution in [2.75, 3.05) is 0 Å². The van der Waals surface area contributed by atoms with E-state index in [0.29, 0.717) is 21.7 Å². The van der Waals surface area contributed by atoms with Crippen molar-refractivity contribution in [3.05, 3.63) is 86.6 Å². The lowest BCUT2D eigenvalue weighted by Gasteiger charge is -2.09. The van der Waals surface area contributed by atoms with E-state index >= 15 is 0 Å². The first-order chi connectivity index (χ1) is 13.0. The summed E-state index contributed by atoms with van der Waals surface area (Å²) in [5.74, 6) is -0.556. The van der Waals surface area contributed by atoms with Crippen LogP contribution in [0.3, 0.4) is 0 Å². The second kappa shape index (κ2) is 8.50. The van der Waals surface area contributed by atoms with Crippen LogP contribution in [0, 0.1) is 0 Å². The van der Waals surface area contributed by atoms with Gasteiger partial charge in [0, 0.05) is 28.9 Å². The predicted octanol–water partition coefficient (Wildman–Crippen LogP) is 4.48. The molecule has 0 atom stereocenters. The second-order valence-electron chi connectivity index (χ2n) is 5.84. The zero-order valence-corrected chi connectivity index (χ0v) is 16.9. The van der Waals surface area contributed by atoms with Crippen molar-refractivity contribution in [1.29, 1.82) is 0 Å². The number of halogens is 2. The van der Waals surface area contributed by atoms with Crippen LogP contribution in [-0.4, -0.2) is 21.5 Å². The molecular formula is C20H17BrClN3O2. The minimum Gasteiger partial charge on any atom is -0.346 e. The van der Waals surface area contributed by atoms with E-state index in [1.165, 1.54) is 0 Å². The number of benzene rings is 2. The highest BCUT2D eigenvalue weighted by Gasteiger charge is 2.18. The van der Waals surface area contributed by atoms with E-state index in [4.69, 9.17) is 11.6 Å². The van der Waals surface area contributed by atoms with Gasteiger partial charge in [-0.15, -0.1) is 0 Å². The monoisotopic (exact) mass is 445 g/mol. The van der Waals surface area contributed by atoms with E-state index in [9.17, 15) is 9.59 Å². The molecule has 0 fully saturated rings. The van der Waals surface area contributed by atoms with Crippen LogP contribution in [0.15, 0.2) is 59.2 Å². The molecule has 1 aromatic heterocycles. The van der Waals surface area contributed by atoms with Crippen LogP contribution in [0.1, 0.15) is 38.9 Å². The standard InChI is InChI=1S/C20H17BrClN3O2/c1-2-25-12-17(21)18(24-25)11-23-20(27)16-6-4-3-5-15(16)19(26)13-7-9-14(22)10-8-13/h3-10,12H,2,11H2,1H3,(H,23,27). The first kappa shape index (κ1) is 19.3. The van der Waals surface area contributed by atoms with Crippen molar-refractivity contribution >= 4 is 39.2 Å². The van der Waals surface area contributed by atoms with Gasteiger partial charge in [0.2, 0.25) is 0 Å². The Bertz CT molecular complexity index is 983. The first-order valence-electron chi connectivity index (χ1n) is 8.39. The van der Waals surface area contributed by atoms with E-state index in [-0.39, 0.29) is 18.2 Å². The molecule has 7 heteroatoms. The Kier molecular flexibility index (Phi) is 6.08. The number of amides is 1. The van der Waals surface area contributed by atoms with Crippen LogP contribution in [0.25, 0.3) is 0 Å². The molecule has 0 aliphatic rings. The molecule has 3 rings (SSSR count). The molecule has 0 bridgehead atoms. The lowest BCUT2D eigenvalue weighted by atomic mass is 9.98. The van der Waals surface area contributed by atoms with Gasteiger partial charge in [-0.25, -0.2) is 0 Å². The number of nitrogens with one attached hydrogen (secondary N) is 1. The minimum absolute atomic E-state index is 0.228. The predicted molar refractivity (Wildman–Crippen MR) is 108 cm³/mol. The van der Waals surface area contributed by atoms with Gasteiger partial charge in [0.25, 0.3) is 5.91 Å². The first-order valence-corrected chi connectivity index (χ1v) is 9.56. The number of hydrogen-bond acceptors (Lipinski definition) is 3. The molecule has 1 amide bonds. The smallest absolute Gasteiger partial charge is 0.252 e. The molecule has 5 nitrogen and oxygen atoms in total. The molecule has 0 spiro atoms. The van der Waals surface area contributed by atoms with Crippen molar-refractivity contribution in [1.82, 2.24) is 15.1 Å². The molecule has 3 aromatic rings. The van der Waals surface area contributed by atoms with Crippen LogP contribution in [0.4, 0.5) is 0 Å². The van der Waals surface area contributed by atoms with Gasteiger partial charge in [0.1, 0.15) is 0 Å². The van der Waals surface area contributed by atoms with Crippen LogP contribution in [-0.2, 0) is 13.1 Å². The third-order valence-corrected chi connectivity index (χ3v) is 4.96. The number of aromatic nitrogens is 2. The van der Waals surface area contributed by atoms with Gasteiger partial charge in [-0.2, -0.15) is 5.10 Å². The summed E-state index contributed by atoms with van der Waals surface area (Å²) in [7, 11) is 0. The van der Waals surface area contributed by atoms with Gasteiger partial charge < -0.3 is 5.32 Å². The third kappa shape index (κ3) is 4.46. The quantitative estimate of drug-likeness (QED) is 0.568. The maximum atomic E-state index is 12.8. The molecule has 27 heavy (non-hydrogen) atoms. The molecule has 0 radical (unpaired) electrons. The number of aryl methyl sites for hydroxylation is 1. The summed E-state index contributed by atoms with van der Waals surface area (Å²) in [6.45, 7) is 2.99. The van der Waals surface area contributed by atoms with Gasteiger partial charge in [-0.3, -0.25) is 14.3 Å². The van der Waals surface area contributed by atoms with E-state index in [0.717, 1.165) is 16.7 Å². The molecule has 1 heterocycles. The summed E-state index contributed by atoms with van der Waals surface area (Å²) >= 11 is 9.32. The van der Waals surface area contributed by atoms with E-state index < -0.39 is 0 Å². The fourth-order valence-corrected chi connectivity index (χ4v) is 3.20. The Labute approximate surface area is 170 Å². The Hall–Kier alpha value is -2.44. The molecule has 0 saturated heterocycles. The fraction of sp³-hybridized carbons (Fsp3) is 0.150. The maximum Gasteiger partial charge on any atom is 0.252 e. The van der Waals surface area contributed by atoms with Crippen LogP contribution in [0.5, 0.6) is 0 Å². The van der Waals surface area contributed by atoms with Crippen molar-refractivity contribution in [2.45, 2.75) is 20.0 Å². The van der Waals surface area contributed by atoms with Crippen molar-refractivity contribution < 1.29 is 9.59 Å². The van der Waals surface area contributed by atoms with Crippen molar-refractivity contribution in [2.24, 2.45) is 0 Å². The zero-order valence-electron chi connectivity index (χ0n) is 14.6. The maximum absolute atomic E-state index is 12.8. The molecule has 0 aliphatic heterocycles. The summed E-state index contributed by atoms with van der Waals surface area (Å²) in [4.78, 5) is 25.5. The number of carbonyl (C=O) groups excluding carboxylic acids is 2. The Morgan fingerprint density at radius 1 is 1.11 bits per heavy atom. The average molecular weight is 447 g/mol. The van der Waals surface area contributed by atoms with Gasteiger partial charge in [-0.05, 0) is 53.2 Å². The van der Waals surface area contributed by atoms with Crippen LogP contribution >= 0.6 is 27.5 Å². The fourth-order valence-electron chi connectivity index (χ4n) is 2.61. The zero-order chi connectivity index (χ0) is 19.4. The molecular weight excluding hydrogens is 430 g/mol. The van der Waals surface area contributed by atoms with E-state index in [1.807, 2.05) is 13.1 Å².